The van der Waals surface area contributed by atoms with Crippen LogP contribution in [0.5, 0.6) is 5.75 Å². The summed E-state index contributed by atoms with van der Waals surface area (Å²) in [5.74, 6) is -0.319. The first-order chi connectivity index (χ1) is 20.1. The smallest absolute Gasteiger partial charge is 0.423 e. The van der Waals surface area contributed by atoms with E-state index in [0.717, 1.165) is 44.1 Å². The van der Waals surface area contributed by atoms with Crippen LogP contribution in [0.3, 0.4) is 0 Å². The van der Waals surface area contributed by atoms with Gasteiger partial charge in [0.1, 0.15) is 17.4 Å². The number of piperazine rings is 1. The molecule has 234 valence electrons. The van der Waals surface area contributed by atoms with Gasteiger partial charge in [-0.05, 0) is 43.5 Å². The van der Waals surface area contributed by atoms with Crippen molar-refractivity contribution in [3.63, 3.8) is 0 Å². The Balaban J connectivity index is 0.00000423. The molecule has 0 bridgehead atoms. The summed E-state index contributed by atoms with van der Waals surface area (Å²) in [4.78, 5) is 42.7. The molecule has 2 amide bonds. The number of rotatable bonds is 6. The molecule has 2 heterocycles. The van der Waals surface area contributed by atoms with Crippen molar-refractivity contribution in [1.82, 2.24) is 9.80 Å². The van der Waals surface area contributed by atoms with Gasteiger partial charge >= 0.3 is 6.18 Å². The normalized spacial score (nSPS) is 21.6. The van der Waals surface area contributed by atoms with E-state index in [9.17, 15) is 32.9 Å². The van der Waals surface area contributed by atoms with Crippen molar-refractivity contribution < 1.29 is 32.4 Å². The first-order valence-corrected chi connectivity index (χ1v) is 14.5. The molecule has 0 unspecified atom stereocenters. The monoisotopic (exact) mass is 604 g/mol. The zero-order chi connectivity index (χ0) is 29.9. The Morgan fingerprint density at radius 3 is 1.98 bits per heavy atom. The number of hydrogen-bond donors (Lipinski definition) is 0. The molecule has 43 heavy (non-hydrogen) atoms. The molecule has 2 aliphatic heterocycles. The number of piperidine rings is 1. The lowest BCUT2D eigenvalue weighted by atomic mass is 9.79. The van der Waals surface area contributed by atoms with Gasteiger partial charge < -0.3 is 19.4 Å². The summed E-state index contributed by atoms with van der Waals surface area (Å²) in [5.41, 5.74) is -1.22. The Morgan fingerprint density at radius 1 is 0.837 bits per heavy atom. The van der Waals surface area contributed by atoms with Gasteiger partial charge in [-0.15, -0.1) is 0 Å². The quantitative estimate of drug-likeness (QED) is 0.307. The summed E-state index contributed by atoms with van der Waals surface area (Å²) in [6.45, 7) is 3.68. The van der Waals surface area contributed by atoms with Crippen LogP contribution in [-0.2, 0) is 15.8 Å². The highest BCUT2D eigenvalue weighted by Gasteiger charge is 2.40. The zero-order valence-corrected chi connectivity index (χ0v) is 23.3. The fourth-order valence-corrected chi connectivity index (χ4v) is 6.34. The van der Waals surface area contributed by atoms with Crippen LogP contribution in [0.25, 0.3) is 0 Å². The minimum atomic E-state index is -4.88. The number of nitrogens with zero attached hydrogens (tertiary/aromatic N) is 4. The Bertz CT molecular complexity index is 1280. The summed E-state index contributed by atoms with van der Waals surface area (Å²) in [7, 11) is 0. The number of nitro benzene ring substituents is 1. The van der Waals surface area contributed by atoms with E-state index in [1.165, 1.54) is 6.07 Å². The largest absolute Gasteiger partial charge is 0.490 e. The standard InChI is InChI=1S/C30H35F3N4O5.CH4/c31-30(32,33)26-20-25(9-10-27(26)37(40)41)42-24-11-13-35(14-12-24)28(38)21-5-4-6-22(19-21)29(39)36-17-15-34(16-18-36)23-7-2-1-3-8-23;/h1-3,7-10,20-22,24H,4-6,11-19H2;1H4/t21-,22+;/m0./s1. The van der Waals surface area contributed by atoms with E-state index in [-0.39, 0.29) is 36.8 Å². The Kier molecular flexibility index (Phi) is 10.2. The molecule has 3 fully saturated rings. The van der Waals surface area contributed by atoms with E-state index in [4.69, 9.17) is 4.74 Å². The molecule has 2 saturated heterocycles. The van der Waals surface area contributed by atoms with Crippen LogP contribution in [-0.4, -0.2) is 71.9 Å². The molecule has 12 heteroatoms. The molecule has 2 aromatic carbocycles. The molecule has 2 atom stereocenters. The van der Waals surface area contributed by atoms with Gasteiger partial charge in [-0.2, -0.15) is 13.2 Å². The van der Waals surface area contributed by atoms with Crippen LogP contribution in [0.1, 0.15) is 51.5 Å². The third kappa shape index (κ3) is 7.58. The van der Waals surface area contributed by atoms with E-state index < -0.39 is 28.5 Å². The van der Waals surface area contributed by atoms with Crippen molar-refractivity contribution in [1.29, 1.82) is 0 Å². The molecule has 5 rings (SSSR count). The number of halogens is 3. The van der Waals surface area contributed by atoms with Gasteiger partial charge in [-0.25, -0.2) is 0 Å². The number of para-hydroxylation sites is 1. The van der Waals surface area contributed by atoms with Gasteiger partial charge in [0.15, 0.2) is 0 Å². The highest BCUT2D eigenvalue weighted by Crippen LogP contribution is 2.39. The maximum Gasteiger partial charge on any atom is 0.423 e. The lowest BCUT2D eigenvalue weighted by Gasteiger charge is -2.40. The van der Waals surface area contributed by atoms with Crippen LogP contribution < -0.4 is 9.64 Å². The van der Waals surface area contributed by atoms with Gasteiger partial charge in [0.25, 0.3) is 5.69 Å². The molecule has 0 spiro atoms. The van der Waals surface area contributed by atoms with Crippen LogP contribution in [0.2, 0.25) is 0 Å². The first kappa shape index (κ1) is 32.1. The average Bonchev–Trinajstić information content (AvgIpc) is 3.01. The predicted octanol–water partition coefficient (Wildman–Crippen LogP) is 5.77. The number of carbonyl (C=O) groups excluding carboxylic acids is 2. The lowest BCUT2D eigenvalue weighted by Crippen LogP contribution is -2.51. The summed E-state index contributed by atoms with van der Waals surface area (Å²) >= 11 is 0. The second kappa shape index (κ2) is 13.6. The molecule has 3 aliphatic rings. The summed E-state index contributed by atoms with van der Waals surface area (Å²) < 4.78 is 45.7. The highest BCUT2D eigenvalue weighted by molar-refractivity contribution is 5.83. The number of likely N-dealkylation sites (tertiary alicyclic amines) is 1. The van der Waals surface area contributed by atoms with Crippen LogP contribution in [0.15, 0.2) is 48.5 Å². The van der Waals surface area contributed by atoms with Crippen molar-refractivity contribution in [2.45, 2.75) is 58.2 Å². The van der Waals surface area contributed by atoms with E-state index in [2.05, 4.69) is 17.0 Å². The molecule has 0 radical (unpaired) electrons. The minimum Gasteiger partial charge on any atom is -0.490 e. The number of carbonyl (C=O) groups is 2. The fourth-order valence-electron chi connectivity index (χ4n) is 6.34. The second-order valence-corrected chi connectivity index (χ2v) is 11.3. The SMILES string of the molecule is C.O=C([C@@H]1CCC[C@H](C(=O)N2CCC(Oc3ccc([N+](=O)[O-])c(C(F)(F)F)c3)CC2)C1)N1CCN(c2ccccc2)CC1. The van der Waals surface area contributed by atoms with Crippen molar-refractivity contribution in [3.8, 4) is 5.75 Å². The fraction of sp³-hybridized carbons (Fsp3) is 0.548. The number of amides is 2. The van der Waals surface area contributed by atoms with Crippen molar-refractivity contribution in [2.24, 2.45) is 11.8 Å². The number of hydrogen-bond acceptors (Lipinski definition) is 6. The third-order valence-electron chi connectivity index (χ3n) is 8.61. The lowest BCUT2D eigenvalue weighted by molar-refractivity contribution is -0.388. The zero-order valence-electron chi connectivity index (χ0n) is 23.3. The molecule has 2 aromatic rings. The van der Waals surface area contributed by atoms with E-state index in [0.29, 0.717) is 51.5 Å². The van der Waals surface area contributed by atoms with Gasteiger partial charge in [-0.1, -0.05) is 32.0 Å². The van der Waals surface area contributed by atoms with Gasteiger partial charge in [0, 0.05) is 75.7 Å². The molecule has 0 aromatic heterocycles. The number of nitro groups is 1. The predicted molar refractivity (Wildman–Crippen MR) is 156 cm³/mol. The molecular formula is C31H39F3N4O5. The van der Waals surface area contributed by atoms with Gasteiger partial charge in [0.2, 0.25) is 11.8 Å². The van der Waals surface area contributed by atoms with E-state index in [1.54, 1.807) is 4.90 Å². The molecule has 1 aliphatic carbocycles. The van der Waals surface area contributed by atoms with Crippen molar-refractivity contribution in [3.05, 3.63) is 64.2 Å². The summed E-state index contributed by atoms with van der Waals surface area (Å²) in [5, 5.41) is 11.0. The number of ether oxygens (including phenoxy) is 1. The van der Waals surface area contributed by atoms with Crippen LogP contribution in [0.4, 0.5) is 24.5 Å². The van der Waals surface area contributed by atoms with Crippen molar-refractivity contribution in [2.75, 3.05) is 44.2 Å². The number of benzene rings is 2. The van der Waals surface area contributed by atoms with Gasteiger partial charge in [0.05, 0.1) is 4.92 Å². The average molecular weight is 605 g/mol. The minimum absolute atomic E-state index is 0. The van der Waals surface area contributed by atoms with E-state index >= 15 is 0 Å². The third-order valence-corrected chi connectivity index (χ3v) is 8.61. The maximum atomic E-state index is 13.4. The molecule has 9 nitrogen and oxygen atoms in total. The summed E-state index contributed by atoms with van der Waals surface area (Å²) in [6, 6.07) is 12.8. The van der Waals surface area contributed by atoms with E-state index in [1.807, 2.05) is 23.1 Å². The Hall–Kier alpha value is -3.83. The molecule has 0 N–H and O–H groups in total. The van der Waals surface area contributed by atoms with Crippen LogP contribution >= 0.6 is 0 Å². The van der Waals surface area contributed by atoms with Crippen molar-refractivity contribution >= 4 is 23.2 Å². The second-order valence-electron chi connectivity index (χ2n) is 11.3. The Labute approximate surface area is 249 Å². The maximum absolute atomic E-state index is 13.4. The van der Waals surface area contributed by atoms with Gasteiger partial charge in [-0.3, -0.25) is 19.7 Å². The highest BCUT2D eigenvalue weighted by atomic mass is 19.4. The molecular weight excluding hydrogens is 565 g/mol. The summed E-state index contributed by atoms with van der Waals surface area (Å²) in [6.07, 6.45) is -1.54. The van der Waals surface area contributed by atoms with Crippen LogP contribution in [0, 0.1) is 22.0 Å². The number of anilines is 1. The molecule has 1 saturated carbocycles. The first-order valence-electron chi connectivity index (χ1n) is 14.5. The Morgan fingerprint density at radius 2 is 1.42 bits per heavy atom. The topological polar surface area (TPSA) is 96.2 Å². The number of alkyl halides is 3.